The van der Waals surface area contributed by atoms with Gasteiger partial charge in [0, 0.05) is 10.9 Å². The van der Waals surface area contributed by atoms with Crippen molar-refractivity contribution in [2.24, 2.45) is 5.73 Å². The number of hydrogen-bond acceptors (Lipinski definition) is 3. The van der Waals surface area contributed by atoms with Gasteiger partial charge in [-0.3, -0.25) is 0 Å². The van der Waals surface area contributed by atoms with Crippen molar-refractivity contribution in [3.05, 3.63) is 58.7 Å². The molecule has 2 N–H and O–H groups in total. The molecular formula is C16H17NO2. The predicted octanol–water partition coefficient (Wildman–Crippen LogP) is 4.00. The molecule has 0 spiro atoms. The second-order valence-corrected chi connectivity index (χ2v) is 4.92. The number of rotatable bonds is 2. The van der Waals surface area contributed by atoms with E-state index in [-0.39, 0.29) is 6.04 Å². The summed E-state index contributed by atoms with van der Waals surface area (Å²) in [7, 11) is 0. The van der Waals surface area contributed by atoms with Crippen LogP contribution in [0.2, 0.25) is 0 Å². The SMILES string of the molecule is Cc1oc(C)c(C(N)c2cc3ccccc3o2)c1C. The van der Waals surface area contributed by atoms with Crippen LogP contribution >= 0.6 is 0 Å². The quantitative estimate of drug-likeness (QED) is 0.753. The summed E-state index contributed by atoms with van der Waals surface area (Å²) in [4.78, 5) is 0. The van der Waals surface area contributed by atoms with E-state index in [0.717, 1.165) is 39.4 Å². The highest BCUT2D eigenvalue weighted by Gasteiger charge is 2.22. The van der Waals surface area contributed by atoms with Crippen LogP contribution in [0.1, 0.15) is 34.4 Å². The van der Waals surface area contributed by atoms with Gasteiger partial charge in [0.1, 0.15) is 22.9 Å². The summed E-state index contributed by atoms with van der Waals surface area (Å²) in [5, 5.41) is 1.07. The van der Waals surface area contributed by atoms with Crippen molar-refractivity contribution < 1.29 is 8.83 Å². The lowest BCUT2D eigenvalue weighted by molar-refractivity contribution is 0.489. The Labute approximate surface area is 112 Å². The van der Waals surface area contributed by atoms with Crippen molar-refractivity contribution in [3.8, 4) is 0 Å². The van der Waals surface area contributed by atoms with E-state index in [2.05, 4.69) is 0 Å². The summed E-state index contributed by atoms with van der Waals surface area (Å²) in [6, 6.07) is 9.64. The van der Waals surface area contributed by atoms with Gasteiger partial charge in [0.05, 0.1) is 6.04 Å². The molecule has 0 saturated heterocycles. The summed E-state index contributed by atoms with van der Waals surface area (Å²) >= 11 is 0. The largest absolute Gasteiger partial charge is 0.466 e. The normalized spacial score (nSPS) is 13.1. The van der Waals surface area contributed by atoms with E-state index in [1.807, 2.05) is 51.1 Å². The van der Waals surface area contributed by atoms with Crippen LogP contribution in [-0.2, 0) is 0 Å². The second-order valence-electron chi connectivity index (χ2n) is 4.92. The van der Waals surface area contributed by atoms with Crippen molar-refractivity contribution in [3.63, 3.8) is 0 Å². The summed E-state index contributed by atoms with van der Waals surface area (Å²) in [5.41, 5.74) is 9.33. The van der Waals surface area contributed by atoms with Gasteiger partial charge in [-0.15, -0.1) is 0 Å². The maximum absolute atomic E-state index is 6.34. The highest BCUT2D eigenvalue weighted by molar-refractivity contribution is 5.78. The summed E-state index contributed by atoms with van der Waals surface area (Å²) < 4.78 is 11.5. The summed E-state index contributed by atoms with van der Waals surface area (Å²) in [6.45, 7) is 5.93. The van der Waals surface area contributed by atoms with Crippen LogP contribution in [0, 0.1) is 20.8 Å². The first-order valence-electron chi connectivity index (χ1n) is 6.38. The number of aryl methyl sites for hydroxylation is 2. The van der Waals surface area contributed by atoms with Gasteiger partial charge in [-0.05, 0) is 38.5 Å². The minimum atomic E-state index is -0.287. The van der Waals surface area contributed by atoms with Crippen molar-refractivity contribution in [1.29, 1.82) is 0 Å². The van der Waals surface area contributed by atoms with Crippen molar-refractivity contribution in [2.75, 3.05) is 0 Å². The van der Waals surface area contributed by atoms with Crippen LogP contribution in [0.4, 0.5) is 0 Å². The van der Waals surface area contributed by atoms with Crippen LogP contribution in [0.5, 0.6) is 0 Å². The molecule has 2 aromatic heterocycles. The maximum Gasteiger partial charge on any atom is 0.134 e. The average Bonchev–Trinajstić information content (AvgIpc) is 2.91. The van der Waals surface area contributed by atoms with Gasteiger partial charge in [0.2, 0.25) is 0 Å². The first kappa shape index (κ1) is 12.1. The molecule has 98 valence electrons. The molecule has 0 fully saturated rings. The highest BCUT2D eigenvalue weighted by atomic mass is 16.3. The Morgan fingerprint density at radius 3 is 2.37 bits per heavy atom. The van der Waals surface area contributed by atoms with E-state index in [9.17, 15) is 0 Å². The molecule has 0 aliphatic heterocycles. The van der Waals surface area contributed by atoms with Crippen LogP contribution in [-0.4, -0.2) is 0 Å². The number of furan rings is 2. The van der Waals surface area contributed by atoms with Gasteiger partial charge in [-0.2, -0.15) is 0 Å². The molecule has 0 bridgehead atoms. The Hall–Kier alpha value is -2.00. The minimum Gasteiger partial charge on any atom is -0.466 e. The Morgan fingerprint density at radius 1 is 1.00 bits per heavy atom. The highest BCUT2D eigenvalue weighted by Crippen LogP contribution is 2.32. The van der Waals surface area contributed by atoms with Gasteiger partial charge in [0.25, 0.3) is 0 Å². The lowest BCUT2D eigenvalue weighted by Gasteiger charge is -2.08. The molecule has 0 saturated carbocycles. The van der Waals surface area contributed by atoms with Crippen LogP contribution in [0.15, 0.2) is 39.2 Å². The Kier molecular flexibility index (Phi) is 2.72. The number of hydrogen-bond donors (Lipinski definition) is 1. The maximum atomic E-state index is 6.34. The molecule has 3 nitrogen and oxygen atoms in total. The van der Waals surface area contributed by atoms with Crippen LogP contribution < -0.4 is 5.73 Å². The minimum absolute atomic E-state index is 0.287. The number of benzene rings is 1. The van der Waals surface area contributed by atoms with Gasteiger partial charge in [-0.1, -0.05) is 18.2 Å². The fourth-order valence-electron chi connectivity index (χ4n) is 2.57. The molecule has 0 aliphatic rings. The number of fused-ring (bicyclic) bond motifs is 1. The van der Waals surface area contributed by atoms with Crippen LogP contribution in [0.3, 0.4) is 0 Å². The zero-order chi connectivity index (χ0) is 13.6. The van der Waals surface area contributed by atoms with Gasteiger partial charge in [-0.25, -0.2) is 0 Å². The molecule has 1 atom stereocenters. The topological polar surface area (TPSA) is 52.3 Å². The summed E-state index contributed by atoms with van der Waals surface area (Å²) in [6.07, 6.45) is 0. The molecule has 19 heavy (non-hydrogen) atoms. The fourth-order valence-corrected chi connectivity index (χ4v) is 2.57. The standard InChI is InChI=1S/C16H17NO2/c1-9-10(2)18-11(3)15(9)16(17)14-8-12-6-4-5-7-13(12)19-14/h4-8,16H,17H2,1-3H3. The first-order valence-corrected chi connectivity index (χ1v) is 6.38. The lowest BCUT2D eigenvalue weighted by Crippen LogP contribution is -2.12. The van der Waals surface area contributed by atoms with E-state index in [1.165, 1.54) is 0 Å². The predicted molar refractivity (Wildman–Crippen MR) is 75.2 cm³/mol. The average molecular weight is 255 g/mol. The van der Waals surface area contributed by atoms with E-state index in [0.29, 0.717) is 0 Å². The molecule has 2 heterocycles. The van der Waals surface area contributed by atoms with Crippen molar-refractivity contribution in [2.45, 2.75) is 26.8 Å². The Balaban J connectivity index is 2.10. The van der Waals surface area contributed by atoms with Gasteiger partial charge in [0.15, 0.2) is 0 Å². The molecule has 0 aliphatic carbocycles. The zero-order valence-corrected chi connectivity index (χ0v) is 11.4. The number of para-hydroxylation sites is 1. The fraction of sp³-hybridized carbons (Fsp3) is 0.250. The monoisotopic (exact) mass is 255 g/mol. The van der Waals surface area contributed by atoms with E-state index in [4.69, 9.17) is 14.6 Å². The van der Waals surface area contributed by atoms with Crippen molar-refractivity contribution in [1.82, 2.24) is 0 Å². The molecule has 0 radical (unpaired) electrons. The third-order valence-electron chi connectivity index (χ3n) is 3.68. The lowest BCUT2D eigenvalue weighted by atomic mass is 10.0. The van der Waals surface area contributed by atoms with Gasteiger partial charge < -0.3 is 14.6 Å². The van der Waals surface area contributed by atoms with E-state index >= 15 is 0 Å². The zero-order valence-electron chi connectivity index (χ0n) is 11.4. The van der Waals surface area contributed by atoms with Crippen molar-refractivity contribution >= 4 is 11.0 Å². The van der Waals surface area contributed by atoms with E-state index < -0.39 is 0 Å². The van der Waals surface area contributed by atoms with Gasteiger partial charge >= 0.3 is 0 Å². The smallest absolute Gasteiger partial charge is 0.134 e. The Morgan fingerprint density at radius 2 is 1.74 bits per heavy atom. The third kappa shape index (κ3) is 1.87. The second kappa shape index (κ2) is 4.28. The molecule has 0 amide bonds. The molecule has 3 rings (SSSR count). The number of nitrogens with two attached hydrogens (primary N) is 1. The molecule has 1 unspecified atom stereocenters. The van der Waals surface area contributed by atoms with Crippen LogP contribution in [0.25, 0.3) is 11.0 Å². The molecular weight excluding hydrogens is 238 g/mol. The summed E-state index contributed by atoms with van der Waals surface area (Å²) in [5.74, 6) is 2.55. The Bertz CT molecular complexity index is 703. The first-order chi connectivity index (χ1) is 9.08. The van der Waals surface area contributed by atoms with E-state index in [1.54, 1.807) is 0 Å². The molecule has 3 aromatic rings. The third-order valence-corrected chi connectivity index (χ3v) is 3.68. The molecule has 1 aromatic carbocycles. The molecule has 3 heteroatoms.